The SMILES string of the molecule is Cc1cccc(O[C@H](C)C(=O)NCCSc2ccc(Cl)cc2)c1. The molecule has 2 rings (SSSR count). The summed E-state index contributed by atoms with van der Waals surface area (Å²) in [5, 5.41) is 3.61. The third-order valence-corrected chi connectivity index (χ3v) is 4.42. The maximum absolute atomic E-state index is 12.0. The smallest absolute Gasteiger partial charge is 0.260 e. The largest absolute Gasteiger partial charge is 0.481 e. The maximum Gasteiger partial charge on any atom is 0.260 e. The van der Waals surface area contributed by atoms with E-state index in [-0.39, 0.29) is 5.91 Å². The molecule has 3 nitrogen and oxygen atoms in total. The summed E-state index contributed by atoms with van der Waals surface area (Å²) in [5.74, 6) is 1.40. The number of carbonyl (C=O) groups excluding carboxylic acids is 1. The Bertz CT molecular complexity index is 646. The number of aryl methyl sites for hydroxylation is 1. The normalized spacial score (nSPS) is 11.8. The zero-order valence-corrected chi connectivity index (χ0v) is 14.8. The van der Waals surface area contributed by atoms with E-state index in [1.165, 1.54) is 0 Å². The van der Waals surface area contributed by atoms with Crippen LogP contribution in [0.25, 0.3) is 0 Å². The number of ether oxygens (including phenoxy) is 1. The first-order chi connectivity index (χ1) is 11.0. The number of rotatable bonds is 7. The van der Waals surface area contributed by atoms with E-state index in [0.29, 0.717) is 12.3 Å². The molecule has 122 valence electrons. The third kappa shape index (κ3) is 6.16. The number of halogens is 1. The van der Waals surface area contributed by atoms with E-state index < -0.39 is 6.10 Å². The van der Waals surface area contributed by atoms with Crippen LogP contribution in [-0.2, 0) is 4.79 Å². The van der Waals surface area contributed by atoms with Crippen molar-refractivity contribution in [2.24, 2.45) is 0 Å². The van der Waals surface area contributed by atoms with Gasteiger partial charge in [-0.05, 0) is 55.8 Å². The number of hydrogen-bond donors (Lipinski definition) is 1. The highest BCUT2D eigenvalue weighted by Gasteiger charge is 2.13. The van der Waals surface area contributed by atoms with Gasteiger partial charge in [-0.1, -0.05) is 23.7 Å². The van der Waals surface area contributed by atoms with Gasteiger partial charge in [-0.15, -0.1) is 11.8 Å². The second-order valence-electron chi connectivity index (χ2n) is 5.17. The highest BCUT2D eigenvalue weighted by atomic mass is 35.5. The molecule has 0 aliphatic heterocycles. The lowest BCUT2D eigenvalue weighted by Crippen LogP contribution is -2.37. The molecule has 5 heteroatoms. The number of nitrogens with one attached hydrogen (secondary N) is 1. The molecular formula is C18H20ClNO2S. The van der Waals surface area contributed by atoms with E-state index in [1.807, 2.05) is 55.5 Å². The van der Waals surface area contributed by atoms with Gasteiger partial charge in [-0.25, -0.2) is 0 Å². The summed E-state index contributed by atoms with van der Waals surface area (Å²) in [5.41, 5.74) is 1.11. The van der Waals surface area contributed by atoms with Crippen molar-refractivity contribution in [3.05, 3.63) is 59.1 Å². The molecule has 0 fully saturated rings. The lowest BCUT2D eigenvalue weighted by atomic mass is 10.2. The van der Waals surface area contributed by atoms with Gasteiger partial charge in [0.25, 0.3) is 5.91 Å². The van der Waals surface area contributed by atoms with E-state index in [1.54, 1.807) is 18.7 Å². The standard InChI is InChI=1S/C18H20ClNO2S/c1-13-4-3-5-16(12-13)22-14(2)18(21)20-10-11-23-17-8-6-15(19)7-9-17/h3-9,12,14H,10-11H2,1-2H3,(H,20,21)/t14-/m1/s1. The lowest BCUT2D eigenvalue weighted by Gasteiger charge is -2.15. The Morgan fingerprint density at radius 3 is 2.70 bits per heavy atom. The number of amides is 1. The van der Waals surface area contributed by atoms with Crippen LogP contribution >= 0.6 is 23.4 Å². The monoisotopic (exact) mass is 349 g/mol. The van der Waals surface area contributed by atoms with Crippen molar-refractivity contribution >= 4 is 29.3 Å². The molecule has 23 heavy (non-hydrogen) atoms. The lowest BCUT2D eigenvalue weighted by molar-refractivity contribution is -0.127. The van der Waals surface area contributed by atoms with Crippen molar-refractivity contribution in [3.63, 3.8) is 0 Å². The van der Waals surface area contributed by atoms with Crippen LogP contribution in [0.2, 0.25) is 5.02 Å². The predicted octanol–water partition coefficient (Wildman–Crippen LogP) is 4.32. The second kappa shape index (κ2) is 8.85. The van der Waals surface area contributed by atoms with Gasteiger partial charge in [0.2, 0.25) is 0 Å². The Morgan fingerprint density at radius 2 is 2.00 bits per heavy atom. The highest BCUT2D eigenvalue weighted by molar-refractivity contribution is 7.99. The molecule has 0 aromatic heterocycles. The minimum Gasteiger partial charge on any atom is -0.481 e. The van der Waals surface area contributed by atoms with Gasteiger partial charge in [0, 0.05) is 22.2 Å². The average molecular weight is 350 g/mol. The molecule has 0 aliphatic carbocycles. The molecular weight excluding hydrogens is 330 g/mol. The fourth-order valence-corrected chi connectivity index (χ4v) is 2.86. The Kier molecular flexibility index (Phi) is 6.81. The van der Waals surface area contributed by atoms with Crippen molar-refractivity contribution in [1.82, 2.24) is 5.32 Å². The van der Waals surface area contributed by atoms with Crippen LogP contribution in [-0.4, -0.2) is 24.3 Å². The molecule has 0 bridgehead atoms. The number of carbonyl (C=O) groups is 1. The Balaban J connectivity index is 1.70. The highest BCUT2D eigenvalue weighted by Crippen LogP contribution is 2.19. The van der Waals surface area contributed by atoms with Gasteiger partial charge in [0.05, 0.1) is 0 Å². The van der Waals surface area contributed by atoms with Crippen LogP contribution < -0.4 is 10.1 Å². The number of thioether (sulfide) groups is 1. The van der Waals surface area contributed by atoms with Crippen LogP contribution in [0.1, 0.15) is 12.5 Å². The van der Waals surface area contributed by atoms with Gasteiger partial charge in [0.15, 0.2) is 6.10 Å². The third-order valence-electron chi connectivity index (χ3n) is 3.16. The summed E-state index contributed by atoms with van der Waals surface area (Å²) in [6, 6.07) is 15.3. The average Bonchev–Trinajstić information content (AvgIpc) is 2.53. The summed E-state index contributed by atoms with van der Waals surface area (Å²) >= 11 is 7.52. The first-order valence-electron chi connectivity index (χ1n) is 7.44. The summed E-state index contributed by atoms with van der Waals surface area (Å²) in [6.07, 6.45) is -0.516. The molecule has 0 saturated carbocycles. The van der Waals surface area contributed by atoms with Crippen molar-refractivity contribution in [1.29, 1.82) is 0 Å². The molecule has 2 aromatic carbocycles. The molecule has 0 unspecified atom stereocenters. The molecule has 0 spiro atoms. The van der Waals surface area contributed by atoms with E-state index in [9.17, 15) is 4.79 Å². The Hall–Kier alpha value is -1.65. The molecule has 1 atom stereocenters. The van der Waals surface area contributed by atoms with E-state index in [2.05, 4.69) is 5.32 Å². The van der Waals surface area contributed by atoms with Crippen molar-refractivity contribution < 1.29 is 9.53 Å². The summed E-state index contributed by atoms with van der Waals surface area (Å²) in [4.78, 5) is 13.2. The Labute approximate surface area is 146 Å². The summed E-state index contributed by atoms with van der Waals surface area (Å²) in [6.45, 7) is 4.34. The summed E-state index contributed by atoms with van der Waals surface area (Å²) < 4.78 is 5.65. The van der Waals surface area contributed by atoms with Crippen molar-refractivity contribution in [3.8, 4) is 5.75 Å². The van der Waals surface area contributed by atoms with Crippen LogP contribution in [0.4, 0.5) is 0 Å². The molecule has 1 N–H and O–H groups in total. The minimum absolute atomic E-state index is 0.108. The fourth-order valence-electron chi connectivity index (χ4n) is 1.96. The number of hydrogen-bond acceptors (Lipinski definition) is 3. The van der Waals surface area contributed by atoms with Crippen LogP contribution in [0.15, 0.2) is 53.4 Å². The molecule has 2 aromatic rings. The predicted molar refractivity (Wildman–Crippen MR) is 96.5 cm³/mol. The van der Waals surface area contributed by atoms with Gasteiger partial charge in [-0.2, -0.15) is 0 Å². The zero-order chi connectivity index (χ0) is 16.7. The van der Waals surface area contributed by atoms with Crippen LogP contribution in [0.5, 0.6) is 5.75 Å². The van der Waals surface area contributed by atoms with Gasteiger partial charge in [-0.3, -0.25) is 4.79 Å². The molecule has 0 radical (unpaired) electrons. The second-order valence-corrected chi connectivity index (χ2v) is 6.77. The molecule has 1 amide bonds. The van der Waals surface area contributed by atoms with Gasteiger partial charge in [0.1, 0.15) is 5.75 Å². The van der Waals surface area contributed by atoms with Crippen LogP contribution in [0.3, 0.4) is 0 Å². The van der Waals surface area contributed by atoms with Gasteiger partial charge < -0.3 is 10.1 Å². The van der Waals surface area contributed by atoms with Crippen molar-refractivity contribution in [2.75, 3.05) is 12.3 Å². The minimum atomic E-state index is -0.516. The van der Waals surface area contributed by atoms with E-state index >= 15 is 0 Å². The van der Waals surface area contributed by atoms with Gasteiger partial charge >= 0.3 is 0 Å². The fraction of sp³-hybridized carbons (Fsp3) is 0.278. The first kappa shape index (κ1) is 17.7. The van der Waals surface area contributed by atoms with Crippen molar-refractivity contribution in [2.45, 2.75) is 24.8 Å². The first-order valence-corrected chi connectivity index (χ1v) is 8.80. The van der Waals surface area contributed by atoms with E-state index in [0.717, 1.165) is 21.2 Å². The van der Waals surface area contributed by atoms with Crippen LogP contribution in [0, 0.1) is 6.92 Å². The van der Waals surface area contributed by atoms with E-state index in [4.69, 9.17) is 16.3 Å². The topological polar surface area (TPSA) is 38.3 Å². The quantitative estimate of drug-likeness (QED) is 0.597. The molecule has 0 saturated heterocycles. The number of benzene rings is 2. The maximum atomic E-state index is 12.0. The summed E-state index contributed by atoms with van der Waals surface area (Å²) in [7, 11) is 0. The zero-order valence-electron chi connectivity index (χ0n) is 13.2. The molecule has 0 aliphatic rings. The Morgan fingerprint density at radius 1 is 1.26 bits per heavy atom. The molecule has 0 heterocycles.